The smallest absolute Gasteiger partial charge is 0.330 e. The van der Waals surface area contributed by atoms with Crippen LogP contribution < -0.4 is 5.69 Å². The van der Waals surface area contributed by atoms with Crippen molar-refractivity contribution in [1.29, 1.82) is 0 Å². The van der Waals surface area contributed by atoms with Crippen LogP contribution in [0.3, 0.4) is 0 Å². The maximum atomic E-state index is 12.5. The summed E-state index contributed by atoms with van der Waals surface area (Å²) in [6.45, 7) is 0. The number of nitrogens with one attached hydrogen (secondary N) is 1. The minimum Gasteiger partial charge on any atom is -0.508 e. The zero-order valence-electron chi connectivity index (χ0n) is 15.4. The normalized spacial score (nSPS) is 11.0. The molecule has 0 aliphatic heterocycles. The first kappa shape index (κ1) is 18.3. The highest BCUT2D eigenvalue weighted by atomic mass is 16.3. The fourth-order valence-corrected chi connectivity index (χ4v) is 3.02. The third-order valence-electron chi connectivity index (χ3n) is 4.53. The highest BCUT2D eigenvalue weighted by Crippen LogP contribution is 2.20. The van der Waals surface area contributed by atoms with Crippen LogP contribution in [0.4, 0.5) is 0 Å². The van der Waals surface area contributed by atoms with Gasteiger partial charge in [-0.15, -0.1) is 0 Å². The van der Waals surface area contributed by atoms with Gasteiger partial charge in [0.05, 0.1) is 11.4 Å². The number of allylic oxidation sites excluding steroid dienone is 1. The number of carbonyl (C=O) groups is 1. The molecule has 5 heteroatoms. The van der Waals surface area contributed by atoms with Crippen molar-refractivity contribution in [1.82, 2.24) is 9.55 Å². The number of H-pyrrole nitrogens is 1. The van der Waals surface area contributed by atoms with Crippen molar-refractivity contribution < 1.29 is 9.90 Å². The maximum absolute atomic E-state index is 12.5. The second-order valence-corrected chi connectivity index (χ2v) is 6.55. The Labute approximate surface area is 167 Å². The fraction of sp³-hybridized carbons (Fsp3) is 0. The van der Waals surface area contributed by atoms with Gasteiger partial charge < -0.3 is 10.1 Å². The van der Waals surface area contributed by atoms with E-state index in [1.807, 2.05) is 30.3 Å². The second kappa shape index (κ2) is 7.86. The molecular weight excluding hydrogens is 364 g/mol. The number of aromatic nitrogens is 2. The number of phenols is 1. The Morgan fingerprint density at radius 2 is 1.69 bits per heavy atom. The van der Waals surface area contributed by atoms with E-state index in [1.54, 1.807) is 60.8 Å². The van der Waals surface area contributed by atoms with Crippen molar-refractivity contribution in [2.24, 2.45) is 0 Å². The van der Waals surface area contributed by atoms with E-state index in [0.717, 1.165) is 11.1 Å². The molecule has 0 amide bonds. The average molecular weight is 382 g/mol. The van der Waals surface area contributed by atoms with E-state index in [9.17, 15) is 14.7 Å². The third-order valence-corrected chi connectivity index (χ3v) is 4.53. The number of phenolic OH excluding ortho intramolecular Hbond substituents is 1. The number of benzene rings is 3. The lowest BCUT2D eigenvalue weighted by Gasteiger charge is -2.03. The predicted molar refractivity (Wildman–Crippen MR) is 113 cm³/mol. The quantitative estimate of drug-likeness (QED) is 0.396. The van der Waals surface area contributed by atoms with Gasteiger partial charge >= 0.3 is 5.69 Å². The summed E-state index contributed by atoms with van der Waals surface area (Å²) in [7, 11) is 0. The largest absolute Gasteiger partial charge is 0.508 e. The van der Waals surface area contributed by atoms with Gasteiger partial charge in [-0.3, -0.25) is 9.36 Å². The molecule has 5 nitrogen and oxygen atoms in total. The van der Waals surface area contributed by atoms with Gasteiger partial charge in [-0.05, 0) is 53.6 Å². The number of imidazole rings is 1. The number of aromatic amines is 1. The SMILES string of the molecule is O=C(/C=C/c1ccccc1)c1cccc(-n2cc(-c3ccc(O)cc3)[nH]c2=O)c1. The summed E-state index contributed by atoms with van der Waals surface area (Å²) in [5.41, 5.74) is 3.12. The molecule has 0 saturated heterocycles. The summed E-state index contributed by atoms with van der Waals surface area (Å²) in [4.78, 5) is 27.8. The molecule has 29 heavy (non-hydrogen) atoms. The molecule has 0 saturated carbocycles. The van der Waals surface area contributed by atoms with Crippen molar-refractivity contribution >= 4 is 11.9 Å². The molecule has 0 bridgehead atoms. The number of aromatic hydroxyl groups is 1. The van der Waals surface area contributed by atoms with Crippen LogP contribution in [0.5, 0.6) is 5.75 Å². The Balaban J connectivity index is 1.62. The van der Waals surface area contributed by atoms with Gasteiger partial charge in [0.25, 0.3) is 0 Å². The maximum Gasteiger partial charge on any atom is 0.330 e. The molecule has 0 fully saturated rings. The van der Waals surface area contributed by atoms with Crippen LogP contribution in [0.15, 0.2) is 95.9 Å². The Bertz CT molecular complexity index is 1230. The number of hydrogen-bond donors (Lipinski definition) is 2. The first-order valence-electron chi connectivity index (χ1n) is 9.09. The van der Waals surface area contributed by atoms with Crippen LogP contribution in [-0.4, -0.2) is 20.4 Å². The van der Waals surface area contributed by atoms with Gasteiger partial charge in [-0.1, -0.05) is 48.5 Å². The van der Waals surface area contributed by atoms with E-state index >= 15 is 0 Å². The molecule has 0 aliphatic carbocycles. The topological polar surface area (TPSA) is 75.1 Å². The molecule has 4 rings (SSSR count). The fourth-order valence-electron chi connectivity index (χ4n) is 3.02. The molecule has 0 spiro atoms. The minimum absolute atomic E-state index is 0.141. The zero-order chi connectivity index (χ0) is 20.2. The molecule has 0 atom stereocenters. The van der Waals surface area contributed by atoms with Crippen LogP contribution in [0.2, 0.25) is 0 Å². The molecule has 0 radical (unpaired) electrons. The lowest BCUT2D eigenvalue weighted by atomic mass is 10.1. The second-order valence-electron chi connectivity index (χ2n) is 6.55. The first-order chi connectivity index (χ1) is 14.1. The lowest BCUT2D eigenvalue weighted by Crippen LogP contribution is -2.14. The molecule has 1 heterocycles. The van der Waals surface area contributed by atoms with Crippen molar-refractivity contribution in [2.45, 2.75) is 0 Å². The summed E-state index contributed by atoms with van der Waals surface area (Å²) in [5, 5.41) is 9.43. The van der Waals surface area contributed by atoms with Crippen LogP contribution in [0.1, 0.15) is 15.9 Å². The average Bonchev–Trinajstić information content (AvgIpc) is 3.15. The summed E-state index contributed by atoms with van der Waals surface area (Å²) < 4.78 is 1.46. The van der Waals surface area contributed by atoms with E-state index < -0.39 is 0 Å². The van der Waals surface area contributed by atoms with E-state index in [2.05, 4.69) is 4.98 Å². The van der Waals surface area contributed by atoms with Crippen molar-refractivity contribution in [3.63, 3.8) is 0 Å². The van der Waals surface area contributed by atoms with Gasteiger partial charge in [-0.25, -0.2) is 4.79 Å². The Morgan fingerprint density at radius 1 is 0.931 bits per heavy atom. The van der Waals surface area contributed by atoms with Crippen LogP contribution >= 0.6 is 0 Å². The molecule has 0 aliphatic rings. The molecule has 2 N–H and O–H groups in total. The zero-order valence-corrected chi connectivity index (χ0v) is 15.4. The molecular formula is C24H18N2O3. The lowest BCUT2D eigenvalue weighted by molar-refractivity contribution is 0.104. The molecule has 3 aromatic carbocycles. The Morgan fingerprint density at radius 3 is 2.45 bits per heavy atom. The van der Waals surface area contributed by atoms with Crippen molar-refractivity contribution in [2.75, 3.05) is 0 Å². The minimum atomic E-state index is -0.308. The van der Waals surface area contributed by atoms with Crippen LogP contribution in [0.25, 0.3) is 23.0 Å². The predicted octanol–water partition coefficient (Wildman–Crippen LogP) is 4.43. The van der Waals surface area contributed by atoms with Crippen molar-refractivity contribution in [3.05, 3.63) is 113 Å². The van der Waals surface area contributed by atoms with Gasteiger partial charge in [0.1, 0.15) is 5.75 Å². The first-order valence-corrected chi connectivity index (χ1v) is 9.09. The Hall–Kier alpha value is -4.12. The highest BCUT2D eigenvalue weighted by molar-refractivity contribution is 6.07. The monoisotopic (exact) mass is 382 g/mol. The van der Waals surface area contributed by atoms with Gasteiger partial charge in [0, 0.05) is 11.8 Å². The number of ketones is 1. The van der Waals surface area contributed by atoms with E-state index in [-0.39, 0.29) is 17.2 Å². The third kappa shape index (κ3) is 4.09. The molecule has 0 unspecified atom stereocenters. The highest BCUT2D eigenvalue weighted by Gasteiger charge is 2.09. The Kier molecular flexibility index (Phi) is 4.95. The number of hydrogen-bond acceptors (Lipinski definition) is 3. The molecule has 4 aromatic rings. The summed E-state index contributed by atoms with van der Waals surface area (Å²) >= 11 is 0. The number of nitrogens with zero attached hydrogens (tertiary/aromatic N) is 1. The van der Waals surface area contributed by atoms with E-state index in [1.165, 1.54) is 10.6 Å². The van der Waals surface area contributed by atoms with Gasteiger partial charge in [0.2, 0.25) is 0 Å². The van der Waals surface area contributed by atoms with E-state index in [4.69, 9.17) is 0 Å². The van der Waals surface area contributed by atoms with Crippen molar-refractivity contribution in [3.8, 4) is 22.7 Å². The molecule has 1 aromatic heterocycles. The number of rotatable bonds is 5. The molecule has 142 valence electrons. The van der Waals surface area contributed by atoms with Gasteiger partial charge in [0.15, 0.2) is 5.78 Å². The van der Waals surface area contributed by atoms with Gasteiger partial charge in [-0.2, -0.15) is 0 Å². The van der Waals surface area contributed by atoms with Crippen LogP contribution in [-0.2, 0) is 0 Å². The van der Waals surface area contributed by atoms with Crippen LogP contribution in [0, 0.1) is 0 Å². The van der Waals surface area contributed by atoms with E-state index in [0.29, 0.717) is 16.9 Å². The standard InChI is InChI=1S/C24H18N2O3/c27-21-12-10-18(11-13-21)22-16-26(24(29)25-22)20-8-4-7-19(15-20)23(28)14-9-17-5-2-1-3-6-17/h1-16,27H,(H,25,29)/b14-9+. The summed E-state index contributed by atoms with van der Waals surface area (Å²) in [5.74, 6) is 0.0170. The summed E-state index contributed by atoms with van der Waals surface area (Å²) in [6.07, 6.45) is 4.97. The number of carbonyl (C=O) groups excluding carboxylic acids is 1. The summed E-state index contributed by atoms with van der Waals surface area (Å²) in [6, 6.07) is 23.1.